The third kappa shape index (κ3) is 4.14. The molecule has 0 bridgehead atoms. The summed E-state index contributed by atoms with van der Waals surface area (Å²) >= 11 is 1.82. The number of ketones is 1. The average Bonchev–Trinajstić information content (AvgIpc) is 3.10. The summed E-state index contributed by atoms with van der Waals surface area (Å²) in [5.41, 5.74) is 0.928. The molecule has 1 aliphatic rings. The van der Waals surface area contributed by atoms with Gasteiger partial charge in [-0.05, 0) is 50.5 Å². The second-order valence-corrected chi connectivity index (χ2v) is 7.78. The summed E-state index contributed by atoms with van der Waals surface area (Å²) in [6.45, 7) is 2.11. The second-order valence-electron chi connectivity index (χ2n) is 6.41. The summed E-state index contributed by atoms with van der Waals surface area (Å²) < 4.78 is 0. The van der Waals surface area contributed by atoms with Gasteiger partial charge in [0.15, 0.2) is 0 Å². The van der Waals surface area contributed by atoms with Crippen molar-refractivity contribution in [1.29, 1.82) is 0 Å². The van der Waals surface area contributed by atoms with Gasteiger partial charge in [0.25, 0.3) is 0 Å². The van der Waals surface area contributed by atoms with Gasteiger partial charge in [0.05, 0.1) is 12.0 Å². The van der Waals surface area contributed by atoms with Gasteiger partial charge in [-0.2, -0.15) is 0 Å². The van der Waals surface area contributed by atoms with Crippen LogP contribution in [0.4, 0.5) is 0 Å². The Labute approximate surface area is 147 Å². The Hall–Kier alpha value is -1.89. The van der Waals surface area contributed by atoms with Crippen molar-refractivity contribution in [1.82, 2.24) is 0 Å². The number of benzene rings is 1. The zero-order chi connectivity index (χ0) is 16.9. The molecule has 1 N–H and O–H groups in total. The molecule has 124 valence electrons. The lowest BCUT2D eigenvalue weighted by atomic mass is 9.89. The van der Waals surface area contributed by atoms with E-state index >= 15 is 0 Å². The number of carbonyl (C=O) groups is 1. The largest absolute Gasteiger partial charge is 0.391 e. The molecule has 24 heavy (non-hydrogen) atoms. The van der Waals surface area contributed by atoms with Crippen LogP contribution in [0.25, 0.3) is 0 Å². The lowest BCUT2D eigenvalue weighted by Gasteiger charge is -2.15. The fourth-order valence-electron chi connectivity index (χ4n) is 3.29. The van der Waals surface area contributed by atoms with Crippen LogP contribution in [0.15, 0.2) is 42.5 Å². The first-order chi connectivity index (χ1) is 11.6. The van der Waals surface area contributed by atoms with E-state index in [2.05, 4.69) is 30.9 Å². The molecule has 1 heterocycles. The van der Waals surface area contributed by atoms with Crippen molar-refractivity contribution >= 4 is 17.1 Å². The summed E-state index contributed by atoms with van der Waals surface area (Å²) in [5, 5.41) is 10.2. The molecular weight excluding hydrogens is 316 g/mol. The summed E-state index contributed by atoms with van der Waals surface area (Å²) in [5.74, 6) is 6.08. The molecule has 3 atom stereocenters. The first-order valence-electron chi connectivity index (χ1n) is 8.46. The van der Waals surface area contributed by atoms with Crippen molar-refractivity contribution in [2.24, 2.45) is 11.8 Å². The normalized spacial score (nSPS) is 23.1. The number of rotatable bonds is 4. The van der Waals surface area contributed by atoms with Crippen molar-refractivity contribution in [3.63, 3.8) is 0 Å². The monoisotopic (exact) mass is 338 g/mol. The van der Waals surface area contributed by atoms with Crippen LogP contribution in [-0.4, -0.2) is 17.0 Å². The zero-order valence-corrected chi connectivity index (χ0v) is 14.7. The average molecular weight is 338 g/mol. The minimum absolute atomic E-state index is 0.128. The Morgan fingerprint density at radius 3 is 2.71 bits per heavy atom. The Morgan fingerprint density at radius 2 is 2.00 bits per heavy atom. The Bertz CT molecular complexity index is 751. The highest BCUT2D eigenvalue weighted by Crippen LogP contribution is 2.33. The van der Waals surface area contributed by atoms with E-state index in [9.17, 15) is 9.90 Å². The molecule has 2 aromatic rings. The number of Topliss-reactive ketones (excluding diaryl/α,β-unsaturated/α-hetero) is 1. The smallest absolute Gasteiger partial charge is 0.139 e. The van der Waals surface area contributed by atoms with Crippen LogP contribution in [0.5, 0.6) is 0 Å². The number of aliphatic hydroxyl groups is 1. The standard InChI is InChI=1S/C21H22O2S/c1-15-10-12-17(24-15)8-5-9-18-19(21(23)14-20(18)22)13-11-16-6-3-2-4-7-16/h2-4,6-7,10,12,18-19,21,23H,5,8-9,14H2,1H3/t18-,19-,21-/m1/s1. The number of hydrogen-bond donors (Lipinski definition) is 1. The van der Waals surface area contributed by atoms with E-state index in [1.165, 1.54) is 9.75 Å². The van der Waals surface area contributed by atoms with E-state index in [1.54, 1.807) is 0 Å². The van der Waals surface area contributed by atoms with Crippen LogP contribution in [0.3, 0.4) is 0 Å². The van der Waals surface area contributed by atoms with Crippen molar-refractivity contribution in [2.75, 3.05) is 0 Å². The quantitative estimate of drug-likeness (QED) is 0.856. The van der Waals surface area contributed by atoms with Gasteiger partial charge in [0.2, 0.25) is 0 Å². The Kier molecular flexibility index (Phi) is 5.50. The Morgan fingerprint density at radius 1 is 1.21 bits per heavy atom. The number of aryl methyl sites for hydroxylation is 2. The van der Waals surface area contributed by atoms with Crippen LogP contribution >= 0.6 is 11.3 Å². The van der Waals surface area contributed by atoms with Crippen LogP contribution < -0.4 is 0 Å². The lowest BCUT2D eigenvalue weighted by molar-refractivity contribution is -0.121. The number of aliphatic hydroxyl groups excluding tert-OH is 1. The van der Waals surface area contributed by atoms with Gasteiger partial charge in [0, 0.05) is 27.7 Å². The number of carbonyl (C=O) groups excluding carboxylic acids is 1. The van der Waals surface area contributed by atoms with E-state index in [0.29, 0.717) is 0 Å². The molecule has 1 aliphatic carbocycles. The van der Waals surface area contributed by atoms with E-state index in [-0.39, 0.29) is 24.0 Å². The van der Waals surface area contributed by atoms with Crippen molar-refractivity contribution in [2.45, 2.75) is 38.7 Å². The molecule has 3 heteroatoms. The highest BCUT2D eigenvalue weighted by molar-refractivity contribution is 7.11. The van der Waals surface area contributed by atoms with E-state index < -0.39 is 6.10 Å². The molecule has 3 rings (SSSR count). The van der Waals surface area contributed by atoms with Gasteiger partial charge in [0.1, 0.15) is 5.78 Å². The fourth-order valence-corrected chi connectivity index (χ4v) is 4.23. The molecule has 0 aliphatic heterocycles. The SMILES string of the molecule is Cc1ccc(CCC[C@H]2C(=O)C[C@@H](O)[C@@H]2C#Cc2ccccc2)s1. The van der Waals surface area contributed by atoms with Gasteiger partial charge >= 0.3 is 0 Å². The molecule has 0 amide bonds. The second kappa shape index (κ2) is 7.79. The molecule has 1 aromatic heterocycles. The minimum atomic E-state index is -0.623. The van der Waals surface area contributed by atoms with Gasteiger partial charge < -0.3 is 5.11 Å². The van der Waals surface area contributed by atoms with Gasteiger partial charge in [-0.3, -0.25) is 4.79 Å². The maximum absolute atomic E-state index is 12.2. The van der Waals surface area contributed by atoms with E-state index in [1.807, 2.05) is 41.7 Å². The summed E-state index contributed by atoms with van der Waals surface area (Å²) in [7, 11) is 0. The van der Waals surface area contributed by atoms with Gasteiger partial charge in [-0.15, -0.1) is 11.3 Å². The molecule has 2 nitrogen and oxygen atoms in total. The molecular formula is C21H22O2S. The highest BCUT2D eigenvalue weighted by atomic mass is 32.1. The fraction of sp³-hybridized carbons (Fsp3) is 0.381. The maximum atomic E-state index is 12.2. The predicted molar refractivity (Wildman–Crippen MR) is 97.9 cm³/mol. The third-order valence-corrected chi connectivity index (χ3v) is 5.62. The number of hydrogen-bond acceptors (Lipinski definition) is 3. The minimum Gasteiger partial charge on any atom is -0.391 e. The van der Waals surface area contributed by atoms with Crippen LogP contribution in [0.2, 0.25) is 0 Å². The molecule has 0 radical (unpaired) electrons. The summed E-state index contributed by atoms with van der Waals surface area (Å²) in [4.78, 5) is 14.9. The molecule has 1 fully saturated rings. The summed E-state index contributed by atoms with van der Waals surface area (Å²) in [6, 6.07) is 14.0. The first-order valence-corrected chi connectivity index (χ1v) is 9.28. The van der Waals surface area contributed by atoms with Crippen molar-refractivity contribution in [3.8, 4) is 11.8 Å². The van der Waals surface area contributed by atoms with Crippen LogP contribution in [0.1, 0.15) is 34.6 Å². The van der Waals surface area contributed by atoms with Crippen LogP contribution in [0, 0.1) is 30.6 Å². The highest BCUT2D eigenvalue weighted by Gasteiger charge is 2.40. The van der Waals surface area contributed by atoms with E-state index in [0.717, 1.165) is 24.8 Å². The summed E-state index contributed by atoms with van der Waals surface area (Å²) in [6.07, 6.45) is 2.39. The van der Waals surface area contributed by atoms with E-state index in [4.69, 9.17) is 0 Å². The number of thiophene rings is 1. The van der Waals surface area contributed by atoms with Crippen LogP contribution in [-0.2, 0) is 11.2 Å². The topological polar surface area (TPSA) is 37.3 Å². The van der Waals surface area contributed by atoms with Gasteiger partial charge in [-0.1, -0.05) is 30.0 Å². The molecule has 1 saturated carbocycles. The molecule has 0 spiro atoms. The maximum Gasteiger partial charge on any atom is 0.139 e. The third-order valence-electron chi connectivity index (χ3n) is 4.56. The Balaban J connectivity index is 1.63. The first kappa shape index (κ1) is 17.0. The van der Waals surface area contributed by atoms with Crippen molar-refractivity contribution < 1.29 is 9.90 Å². The molecule has 0 unspecified atom stereocenters. The lowest BCUT2D eigenvalue weighted by Crippen LogP contribution is -2.19. The molecule has 1 aromatic carbocycles. The molecule has 0 saturated heterocycles. The zero-order valence-electron chi connectivity index (χ0n) is 13.9. The predicted octanol–water partition coefficient (Wildman–Crippen LogP) is 4.00. The van der Waals surface area contributed by atoms with Crippen molar-refractivity contribution in [3.05, 3.63) is 57.8 Å². The van der Waals surface area contributed by atoms with Gasteiger partial charge in [-0.25, -0.2) is 0 Å².